The summed E-state index contributed by atoms with van der Waals surface area (Å²) in [5.41, 5.74) is 0.668. The lowest BCUT2D eigenvalue weighted by molar-refractivity contribution is -0.282. The second-order valence-electron chi connectivity index (χ2n) is 7.48. The van der Waals surface area contributed by atoms with Crippen LogP contribution < -0.4 is 9.47 Å². The Morgan fingerprint density at radius 3 is 2.11 bits per heavy atom. The highest BCUT2D eigenvalue weighted by Crippen LogP contribution is 2.33. The van der Waals surface area contributed by atoms with Gasteiger partial charge in [-0.1, -0.05) is 5.92 Å². The van der Waals surface area contributed by atoms with E-state index < -0.39 is 54.6 Å². The Morgan fingerprint density at radius 2 is 1.56 bits per heavy atom. The SMILES string of the molecule is C#CCOc1cc(O[C@@H]2O[C@H](C(=O)OC)[C@@H](OC(C)=O)[C@H](OC(C)=O)[C@H]2OC(C)=O)ccc1COC. The normalized spacial score (nSPS) is 22.9. The first-order chi connectivity index (χ1) is 17.1. The molecule has 0 unspecified atom stereocenters. The van der Waals surface area contributed by atoms with Crippen LogP contribution in [0.5, 0.6) is 11.5 Å². The Labute approximate surface area is 208 Å². The molecular formula is C24H28O12. The number of rotatable bonds is 10. The molecule has 0 amide bonds. The maximum atomic E-state index is 12.5. The fraction of sp³-hybridized carbons (Fsp3) is 0.500. The van der Waals surface area contributed by atoms with Crippen LogP contribution in [0.4, 0.5) is 0 Å². The molecular weight excluding hydrogens is 480 g/mol. The number of benzene rings is 1. The van der Waals surface area contributed by atoms with Gasteiger partial charge in [-0.3, -0.25) is 14.4 Å². The largest absolute Gasteiger partial charge is 0.480 e. The summed E-state index contributed by atoms with van der Waals surface area (Å²) in [6.07, 6.45) is -2.20. The molecule has 0 N–H and O–H groups in total. The summed E-state index contributed by atoms with van der Waals surface area (Å²) in [4.78, 5) is 48.1. The highest BCUT2D eigenvalue weighted by molar-refractivity contribution is 5.77. The predicted molar refractivity (Wildman–Crippen MR) is 119 cm³/mol. The lowest BCUT2D eigenvalue weighted by Gasteiger charge is -2.43. The van der Waals surface area contributed by atoms with Gasteiger partial charge in [0.05, 0.1) is 13.7 Å². The number of hydrogen-bond acceptors (Lipinski definition) is 12. The lowest BCUT2D eigenvalue weighted by Crippen LogP contribution is -2.64. The van der Waals surface area contributed by atoms with Crippen LogP contribution in [-0.4, -0.2) is 75.4 Å². The van der Waals surface area contributed by atoms with Crippen LogP contribution in [0.15, 0.2) is 18.2 Å². The second kappa shape index (κ2) is 13.3. The van der Waals surface area contributed by atoms with E-state index in [-0.39, 0.29) is 19.0 Å². The zero-order chi connectivity index (χ0) is 26.8. The first-order valence-electron chi connectivity index (χ1n) is 10.7. The fourth-order valence-corrected chi connectivity index (χ4v) is 3.45. The maximum Gasteiger partial charge on any atom is 0.339 e. The van der Waals surface area contributed by atoms with Gasteiger partial charge in [0, 0.05) is 39.5 Å². The third kappa shape index (κ3) is 7.59. The first kappa shape index (κ1) is 28.4. The van der Waals surface area contributed by atoms with Crippen LogP contribution in [0.2, 0.25) is 0 Å². The Hall–Kier alpha value is -3.82. The van der Waals surface area contributed by atoms with Crippen LogP contribution in [-0.2, 0) is 54.2 Å². The summed E-state index contributed by atoms with van der Waals surface area (Å²) in [5, 5.41) is 0. The fourth-order valence-electron chi connectivity index (χ4n) is 3.45. The molecule has 0 saturated carbocycles. The van der Waals surface area contributed by atoms with Crippen molar-refractivity contribution in [3.63, 3.8) is 0 Å². The van der Waals surface area contributed by atoms with Gasteiger partial charge in [0.1, 0.15) is 18.1 Å². The minimum Gasteiger partial charge on any atom is -0.480 e. The second-order valence-corrected chi connectivity index (χ2v) is 7.48. The van der Waals surface area contributed by atoms with Crippen LogP contribution in [0.3, 0.4) is 0 Å². The monoisotopic (exact) mass is 508 g/mol. The summed E-state index contributed by atoms with van der Waals surface area (Å²) in [6, 6.07) is 4.70. The number of terminal acetylenes is 1. The quantitative estimate of drug-likeness (QED) is 0.252. The Bertz CT molecular complexity index is 997. The van der Waals surface area contributed by atoms with Gasteiger partial charge in [-0.2, -0.15) is 0 Å². The molecule has 5 atom stereocenters. The van der Waals surface area contributed by atoms with Gasteiger partial charge in [-0.25, -0.2) is 4.79 Å². The molecule has 1 saturated heterocycles. The topological polar surface area (TPSA) is 142 Å². The zero-order valence-corrected chi connectivity index (χ0v) is 20.5. The van der Waals surface area contributed by atoms with Crippen molar-refractivity contribution in [2.75, 3.05) is 20.8 Å². The maximum absolute atomic E-state index is 12.5. The lowest BCUT2D eigenvalue weighted by atomic mass is 9.97. The van der Waals surface area contributed by atoms with Crippen molar-refractivity contribution >= 4 is 23.9 Å². The minimum absolute atomic E-state index is 0.0286. The van der Waals surface area contributed by atoms with Crippen molar-refractivity contribution in [1.82, 2.24) is 0 Å². The molecule has 12 heteroatoms. The van der Waals surface area contributed by atoms with Gasteiger partial charge in [0.2, 0.25) is 12.4 Å². The molecule has 12 nitrogen and oxygen atoms in total. The van der Waals surface area contributed by atoms with E-state index in [4.69, 9.17) is 44.3 Å². The van der Waals surface area contributed by atoms with Crippen LogP contribution >= 0.6 is 0 Å². The van der Waals surface area contributed by atoms with Gasteiger partial charge in [-0.05, 0) is 12.1 Å². The van der Waals surface area contributed by atoms with E-state index >= 15 is 0 Å². The minimum atomic E-state index is -1.58. The Kier molecular flexibility index (Phi) is 10.5. The van der Waals surface area contributed by atoms with Crippen molar-refractivity contribution in [2.24, 2.45) is 0 Å². The van der Waals surface area contributed by atoms with Crippen molar-refractivity contribution in [2.45, 2.75) is 58.1 Å². The van der Waals surface area contributed by atoms with Crippen LogP contribution in [0, 0.1) is 12.3 Å². The summed E-state index contributed by atoms with van der Waals surface area (Å²) in [7, 11) is 2.60. The van der Waals surface area contributed by atoms with E-state index in [0.29, 0.717) is 11.3 Å². The van der Waals surface area contributed by atoms with Crippen molar-refractivity contribution in [3.8, 4) is 23.8 Å². The predicted octanol–water partition coefficient (Wildman–Crippen LogP) is 0.917. The molecule has 0 aromatic heterocycles. The molecule has 0 aliphatic carbocycles. The van der Waals surface area contributed by atoms with Crippen molar-refractivity contribution in [3.05, 3.63) is 23.8 Å². The summed E-state index contributed by atoms with van der Waals surface area (Å²) in [6.45, 7) is 3.48. The molecule has 1 aromatic rings. The van der Waals surface area contributed by atoms with E-state index in [1.807, 2.05) is 0 Å². The molecule has 1 aliphatic heterocycles. The highest BCUT2D eigenvalue weighted by Gasteiger charge is 2.55. The first-order valence-corrected chi connectivity index (χ1v) is 10.7. The van der Waals surface area contributed by atoms with E-state index in [1.54, 1.807) is 12.1 Å². The summed E-state index contributed by atoms with van der Waals surface area (Å²) in [5.74, 6) is -0.448. The molecule has 196 valence electrons. The number of esters is 4. The Balaban J connectivity index is 2.51. The van der Waals surface area contributed by atoms with E-state index in [0.717, 1.165) is 27.9 Å². The smallest absolute Gasteiger partial charge is 0.339 e. The average Bonchev–Trinajstić information content (AvgIpc) is 2.81. The highest BCUT2D eigenvalue weighted by atomic mass is 16.7. The molecule has 0 bridgehead atoms. The summed E-state index contributed by atoms with van der Waals surface area (Å²) < 4.78 is 43.0. The Morgan fingerprint density at radius 1 is 0.944 bits per heavy atom. The van der Waals surface area contributed by atoms with Gasteiger partial charge in [0.25, 0.3) is 0 Å². The van der Waals surface area contributed by atoms with Gasteiger partial charge in [-0.15, -0.1) is 6.42 Å². The van der Waals surface area contributed by atoms with Gasteiger partial charge in [0.15, 0.2) is 18.3 Å². The molecule has 0 radical (unpaired) electrons. The average molecular weight is 508 g/mol. The number of carbonyl (C=O) groups is 4. The number of hydrogen-bond donors (Lipinski definition) is 0. The van der Waals surface area contributed by atoms with Crippen LogP contribution in [0.1, 0.15) is 26.3 Å². The number of ether oxygens (including phenoxy) is 8. The number of carbonyl (C=O) groups excluding carboxylic acids is 4. The standard InChI is InChI=1S/C24H28O12/c1-7-10-31-18-11-17(9-8-16(18)12-29-5)35-24-22(34-15(4)27)20(33-14(3)26)19(32-13(2)25)21(36-24)23(28)30-6/h1,8-9,11,19-22,24H,10,12H2,2-6H3/t19-,20-,21-,22+,24+/m0/s1. The van der Waals surface area contributed by atoms with E-state index in [1.165, 1.54) is 13.2 Å². The van der Waals surface area contributed by atoms with Crippen molar-refractivity contribution < 1.29 is 57.1 Å². The van der Waals surface area contributed by atoms with Crippen LogP contribution in [0.25, 0.3) is 0 Å². The molecule has 1 heterocycles. The third-order valence-corrected chi connectivity index (χ3v) is 4.74. The molecule has 36 heavy (non-hydrogen) atoms. The zero-order valence-electron chi connectivity index (χ0n) is 20.5. The molecule has 0 spiro atoms. The number of methoxy groups -OCH3 is 2. The van der Waals surface area contributed by atoms with E-state index in [9.17, 15) is 19.2 Å². The third-order valence-electron chi connectivity index (χ3n) is 4.74. The molecule has 1 aliphatic rings. The molecule has 2 rings (SSSR count). The molecule has 1 aromatic carbocycles. The van der Waals surface area contributed by atoms with Crippen molar-refractivity contribution in [1.29, 1.82) is 0 Å². The molecule has 1 fully saturated rings. The summed E-state index contributed by atoms with van der Waals surface area (Å²) >= 11 is 0. The van der Waals surface area contributed by atoms with E-state index in [2.05, 4.69) is 5.92 Å². The van der Waals surface area contributed by atoms with Gasteiger partial charge >= 0.3 is 23.9 Å². The van der Waals surface area contributed by atoms with Gasteiger partial charge < -0.3 is 37.9 Å².